The summed E-state index contributed by atoms with van der Waals surface area (Å²) in [5, 5.41) is 9.52. The van der Waals surface area contributed by atoms with Gasteiger partial charge in [0.2, 0.25) is 10.0 Å². The van der Waals surface area contributed by atoms with Crippen molar-refractivity contribution in [1.29, 1.82) is 0 Å². The standard InChI is InChI=1S/C20H17Cl2FN4O2S/c21-14-5-6-15(16(22)13-14)18-7-8-20(25-24-18)26-9-11-27(12-10-26)30(28,29)19-4-2-1-3-17(19)23/h1-8,13H,9-12H2. The van der Waals surface area contributed by atoms with Crippen molar-refractivity contribution in [3.05, 3.63) is 70.5 Å². The minimum atomic E-state index is -3.88. The number of anilines is 1. The van der Waals surface area contributed by atoms with E-state index >= 15 is 0 Å². The highest BCUT2D eigenvalue weighted by Gasteiger charge is 2.30. The van der Waals surface area contributed by atoms with E-state index in [-0.39, 0.29) is 18.0 Å². The fourth-order valence-electron chi connectivity index (χ4n) is 3.29. The Balaban J connectivity index is 1.46. The van der Waals surface area contributed by atoms with Crippen molar-refractivity contribution in [2.45, 2.75) is 4.90 Å². The van der Waals surface area contributed by atoms with Gasteiger partial charge < -0.3 is 4.90 Å². The van der Waals surface area contributed by atoms with Crippen LogP contribution in [0.2, 0.25) is 10.0 Å². The first kappa shape index (κ1) is 21.0. The number of rotatable bonds is 4. The van der Waals surface area contributed by atoms with Gasteiger partial charge >= 0.3 is 0 Å². The second kappa shape index (κ2) is 8.47. The Morgan fingerprint density at radius 1 is 0.900 bits per heavy atom. The minimum absolute atomic E-state index is 0.225. The van der Waals surface area contributed by atoms with E-state index in [9.17, 15) is 12.8 Å². The molecule has 6 nitrogen and oxygen atoms in total. The van der Waals surface area contributed by atoms with E-state index in [2.05, 4.69) is 10.2 Å². The zero-order chi connectivity index (χ0) is 21.3. The molecule has 1 aliphatic rings. The van der Waals surface area contributed by atoms with Crippen LogP contribution in [0.1, 0.15) is 0 Å². The van der Waals surface area contributed by atoms with Crippen LogP contribution in [-0.2, 0) is 10.0 Å². The maximum absolute atomic E-state index is 14.0. The Morgan fingerprint density at radius 2 is 1.63 bits per heavy atom. The van der Waals surface area contributed by atoms with Crippen LogP contribution in [0.3, 0.4) is 0 Å². The third-order valence-electron chi connectivity index (χ3n) is 4.87. The van der Waals surface area contributed by atoms with Crippen LogP contribution < -0.4 is 4.90 Å². The van der Waals surface area contributed by atoms with E-state index in [4.69, 9.17) is 23.2 Å². The highest BCUT2D eigenvalue weighted by molar-refractivity contribution is 7.89. The highest BCUT2D eigenvalue weighted by atomic mass is 35.5. The highest BCUT2D eigenvalue weighted by Crippen LogP contribution is 2.29. The molecule has 1 fully saturated rings. The summed E-state index contributed by atoms with van der Waals surface area (Å²) in [7, 11) is -3.88. The van der Waals surface area contributed by atoms with Gasteiger partial charge in [-0.05, 0) is 42.5 Å². The van der Waals surface area contributed by atoms with E-state index in [1.807, 2.05) is 11.0 Å². The van der Waals surface area contributed by atoms with E-state index < -0.39 is 15.8 Å². The summed E-state index contributed by atoms with van der Waals surface area (Å²) in [5.74, 6) is -0.117. The molecule has 2 heterocycles. The lowest BCUT2D eigenvalue weighted by molar-refractivity contribution is 0.381. The van der Waals surface area contributed by atoms with Gasteiger partial charge in [0.25, 0.3) is 0 Å². The van der Waals surface area contributed by atoms with E-state index in [0.29, 0.717) is 34.6 Å². The van der Waals surface area contributed by atoms with Crippen LogP contribution in [0.15, 0.2) is 59.5 Å². The number of hydrogen-bond acceptors (Lipinski definition) is 5. The summed E-state index contributed by atoms with van der Waals surface area (Å²) in [6, 6.07) is 14.2. The molecule has 0 saturated carbocycles. The first-order valence-corrected chi connectivity index (χ1v) is 11.3. The third kappa shape index (κ3) is 4.13. The minimum Gasteiger partial charge on any atom is -0.352 e. The summed E-state index contributed by atoms with van der Waals surface area (Å²) >= 11 is 12.1. The molecular weight excluding hydrogens is 450 g/mol. The monoisotopic (exact) mass is 466 g/mol. The van der Waals surface area contributed by atoms with Gasteiger partial charge in [-0.2, -0.15) is 4.31 Å². The lowest BCUT2D eigenvalue weighted by Gasteiger charge is -2.34. The van der Waals surface area contributed by atoms with Crippen molar-refractivity contribution in [1.82, 2.24) is 14.5 Å². The number of sulfonamides is 1. The van der Waals surface area contributed by atoms with E-state index in [1.54, 1.807) is 24.3 Å². The number of aromatic nitrogens is 2. The number of piperazine rings is 1. The summed E-state index contributed by atoms with van der Waals surface area (Å²) in [6.07, 6.45) is 0. The van der Waals surface area contributed by atoms with Crippen LogP contribution in [0.25, 0.3) is 11.3 Å². The normalized spacial score (nSPS) is 15.4. The van der Waals surface area contributed by atoms with Crippen molar-refractivity contribution in [2.75, 3.05) is 31.1 Å². The number of hydrogen-bond donors (Lipinski definition) is 0. The summed E-state index contributed by atoms with van der Waals surface area (Å²) in [5.41, 5.74) is 1.34. The SMILES string of the molecule is O=S(=O)(c1ccccc1F)N1CCN(c2ccc(-c3ccc(Cl)cc3Cl)nn2)CC1. The number of benzene rings is 2. The fraction of sp³-hybridized carbons (Fsp3) is 0.200. The molecule has 10 heteroatoms. The van der Waals surface area contributed by atoms with Crippen molar-refractivity contribution in [3.63, 3.8) is 0 Å². The fourth-order valence-corrected chi connectivity index (χ4v) is 5.28. The van der Waals surface area contributed by atoms with Crippen LogP contribution >= 0.6 is 23.2 Å². The van der Waals surface area contributed by atoms with Crippen molar-refractivity contribution >= 4 is 39.0 Å². The lowest BCUT2D eigenvalue weighted by Crippen LogP contribution is -2.49. The second-order valence-electron chi connectivity index (χ2n) is 6.72. The van der Waals surface area contributed by atoms with Crippen LogP contribution in [0.4, 0.5) is 10.2 Å². The van der Waals surface area contributed by atoms with Crippen molar-refractivity contribution in [3.8, 4) is 11.3 Å². The predicted octanol–water partition coefficient (Wildman–Crippen LogP) is 4.10. The van der Waals surface area contributed by atoms with Gasteiger partial charge in [-0.3, -0.25) is 0 Å². The van der Waals surface area contributed by atoms with E-state index in [1.165, 1.54) is 22.5 Å². The van der Waals surface area contributed by atoms with Crippen LogP contribution in [-0.4, -0.2) is 49.1 Å². The first-order valence-electron chi connectivity index (χ1n) is 9.15. The van der Waals surface area contributed by atoms with Gasteiger partial charge in [-0.1, -0.05) is 35.3 Å². The second-order valence-corrected chi connectivity index (χ2v) is 9.47. The Hall–Kier alpha value is -2.26. The molecule has 3 aromatic rings. The smallest absolute Gasteiger partial charge is 0.246 e. The molecule has 0 atom stereocenters. The maximum atomic E-state index is 14.0. The van der Waals surface area contributed by atoms with Gasteiger partial charge in [-0.25, -0.2) is 12.8 Å². The average molecular weight is 467 g/mol. The molecule has 1 saturated heterocycles. The zero-order valence-corrected chi connectivity index (χ0v) is 18.0. The molecule has 0 amide bonds. The lowest BCUT2D eigenvalue weighted by atomic mass is 10.1. The van der Waals surface area contributed by atoms with Crippen LogP contribution in [0, 0.1) is 5.82 Å². The predicted molar refractivity (Wildman–Crippen MR) is 115 cm³/mol. The molecule has 4 rings (SSSR count). The molecule has 2 aromatic carbocycles. The van der Waals surface area contributed by atoms with Crippen LogP contribution in [0.5, 0.6) is 0 Å². The molecule has 0 radical (unpaired) electrons. The average Bonchev–Trinajstić information content (AvgIpc) is 2.74. The topological polar surface area (TPSA) is 66.4 Å². The largest absolute Gasteiger partial charge is 0.352 e. The summed E-state index contributed by atoms with van der Waals surface area (Å²) in [4.78, 5) is 1.63. The molecule has 1 aromatic heterocycles. The molecule has 0 N–H and O–H groups in total. The Labute approximate surface area is 183 Å². The maximum Gasteiger partial charge on any atom is 0.246 e. The third-order valence-corrected chi connectivity index (χ3v) is 7.35. The summed E-state index contributed by atoms with van der Waals surface area (Å²) < 4.78 is 40.7. The van der Waals surface area contributed by atoms with Gasteiger partial charge in [-0.15, -0.1) is 10.2 Å². The Bertz CT molecular complexity index is 1170. The molecule has 156 valence electrons. The Morgan fingerprint density at radius 3 is 2.27 bits per heavy atom. The summed E-state index contributed by atoms with van der Waals surface area (Å²) in [6.45, 7) is 1.29. The van der Waals surface area contributed by atoms with E-state index in [0.717, 1.165) is 11.6 Å². The molecule has 0 bridgehead atoms. The van der Waals surface area contributed by atoms with Crippen molar-refractivity contribution < 1.29 is 12.8 Å². The molecule has 30 heavy (non-hydrogen) atoms. The number of nitrogens with zero attached hydrogens (tertiary/aromatic N) is 4. The number of halogens is 3. The van der Waals surface area contributed by atoms with Gasteiger partial charge in [0, 0.05) is 36.8 Å². The zero-order valence-electron chi connectivity index (χ0n) is 15.7. The molecule has 1 aliphatic heterocycles. The van der Waals surface area contributed by atoms with Gasteiger partial charge in [0.05, 0.1) is 10.7 Å². The van der Waals surface area contributed by atoms with Gasteiger partial charge in [0.15, 0.2) is 5.82 Å². The van der Waals surface area contributed by atoms with Gasteiger partial charge in [0.1, 0.15) is 10.7 Å². The molecule has 0 spiro atoms. The molecule has 0 unspecified atom stereocenters. The molecular formula is C20H17Cl2FN4O2S. The Kier molecular flexibility index (Phi) is 5.92. The quantitative estimate of drug-likeness (QED) is 0.578. The molecule has 0 aliphatic carbocycles. The first-order chi connectivity index (χ1) is 14.4. The van der Waals surface area contributed by atoms with Crippen molar-refractivity contribution in [2.24, 2.45) is 0 Å².